The first-order chi connectivity index (χ1) is 18.7. The van der Waals surface area contributed by atoms with E-state index in [0.717, 1.165) is 12.1 Å². The fraction of sp³-hybridized carbons (Fsp3) is 0.304. The molecule has 0 fully saturated rings. The van der Waals surface area contributed by atoms with Gasteiger partial charge in [-0.2, -0.15) is 13.2 Å². The highest BCUT2D eigenvalue weighted by molar-refractivity contribution is 9.10. The Balaban J connectivity index is 1.94. The Morgan fingerprint density at radius 3 is 2.37 bits per heavy atom. The van der Waals surface area contributed by atoms with Crippen LogP contribution in [0, 0.1) is 18.6 Å². The highest BCUT2D eigenvalue weighted by Crippen LogP contribution is 2.45. The Kier molecular flexibility index (Phi) is 6.21. The highest BCUT2D eigenvalue weighted by Gasteiger charge is 2.58. The number of aromatic nitrogens is 1. The standard InChI is InChI=1S/C23H20BrF5N2O5S2/c1-13-3-5-14(6-4-13)38(34,35)31-12-21(15-7-8-22(36-2,11-20(15)31)23(27,28)29)37(32,33)30-19-10-17(25)16(24)9-18(19)26/h3-6,9-10,12,30H,7-8,11H2,1-2H3/t22-/m1/s1/i2D3. The molecule has 0 aliphatic heterocycles. The van der Waals surface area contributed by atoms with E-state index in [2.05, 4.69) is 20.7 Å². The van der Waals surface area contributed by atoms with Crippen molar-refractivity contribution >= 4 is 41.7 Å². The lowest BCUT2D eigenvalue weighted by molar-refractivity contribution is -0.273. The molecule has 3 aromatic rings. The molecule has 1 aliphatic rings. The zero-order valence-electron chi connectivity index (χ0n) is 22.2. The predicted molar refractivity (Wildman–Crippen MR) is 131 cm³/mol. The first-order valence-corrected chi connectivity index (χ1v) is 14.4. The maximum absolute atomic E-state index is 14.4. The molecule has 7 nitrogen and oxygen atoms in total. The number of anilines is 1. The van der Waals surface area contributed by atoms with Crippen LogP contribution in [0.1, 0.15) is 27.4 Å². The molecule has 0 amide bonds. The Bertz CT molecular complexity index is 1730. The molecule has 0 saturated heterocycles. The summed E-state index contributed by atoms with van der Waals surface area (Å²) in [5.41, 5.74) is -4.67. The summed E-state index contributed by atoms with van der Waals surface area (Å²) < 4.78 is 153. The molecule has 0 radical (unpaired) electrons. The van der Waals surface area contributed by atoms with E-state index in [1.807, 2.05) is 0 Å². The number of alkyl halides is 3. The van der Waals surface area contributed by atoms with E-state index in [9.17, 15) is 38.8 Å². The number of aryl methyl sites for hydroxylation is 1. The molecule has 0 spiro atoms. The number of ether oxygens (including phenoxy) is 1. The summed E-state index contributed by atoms with van der Waals surface area (Å²) in [6.45, 7) is 1.65. The van der Waals surface area contributed by atoms with Crippen molar-refractivity contribution in [3.63, 3.8) is 0 Å². The fourth-order valence-corrected chi connectivity index (χ4v) is 7.28. The summed E-state index contributed by atoms with van der Waals surface area (Å²) in [5.74, 6) is -2.24. The van der Waals surface area contributed by atoms with E-state index in [0.29, 0.717) is 27.9 Å². The van der Waals surface area contributed by atoms with Gasteiger partial charge >= 0.3 is 6.18 Å². The average Bonchev–Trinajstić information content (AvgIpc) is 3.21. The van der Waals surface area contributed by atoms with Crippen LogP contribution in [0.3, 0.4) is 0 Å². The minimum atomic E-state index is -5.31. The van der Waals surface area contributed by atoms with Gasteiger partial charge in [-0.1, -0.05) is 17.7 Å². The second-order valence-electron chi connectivity index (χ2n) is 8.66. The summed E-state index contributed by atoms with van der Waals surface area (Å²) in [7, 11) is -13.2. The van der Waals surface area contributed by atoms with Crippen LogP contribution in [0.2, 0.25) is 0 Å². The quantitative estimate of drug-likeness (QED) is 0.290. The minimum absolute atomic E-state index is 0.316. The average molecular weight is 646 g/mol. The van der Waals surface area contributed by atoms with E-state index in [1.165, 1.54) is 12.1 Å². The largest absolute Gasteiger partial charge is 0.417 e. The molecule has 38 heavy (non-hydrogen) atoms. The third-order valence-electron chi connectivity index (χ3n) is 6.21. The molecule has 0 bridgehead atoms. The van der Waals surface area contributed by atoms with Gasteiger partial charge < -0.3 is 4.74 Å². The van der Waals surface area contributed by atoms with Crippen molar-refractivity contribution in [3.8, 4) is 0 Å². The number of fused-ring (bicyclic) bond motifs is 1. The molecule has 1 aromatic heterocycles. The van der Waals surface area contributed by atoms with Crippen molar-refractivity contribution in [2.75, 3.05) is 11.8 Å². The summed E-state index contributed by atoms with van der Waals surface area (Å²) in [6.07, 6.45) is -7.98. The van der Waals surface area contributed by atoms with Gasteiger partial charge in [0.15, 0.2) is 5.60 Å². The van der Waals surface area contributed by atoms with Gasteiger partial charge in [0, 0.05) is 31.4 Å². The minimum Gasteiger partial charge on any atom is -0.368 e. The van der Waals surface area contributed by atoms with Gasteiger partial charge in [-0.3, -0.25) is 4.72 Å². The molecule has 1 N–H and O–H groups in total. The molecular weight excluding hydrogens is 623 g/mol. The summed E-state index contributed by atoms with van der Waals surface area (Å²) >= 11 is 2.75. The molecule has 206 valence electrons. The monoisotopic (exact) mass is 645 g/mol. The van der Waals surface area contributed by atoms with E-state index >= 15 is 0 Å². The Morgan fingerprint density at radius 2 is 1.76 bits per heavy atom. The Morgan fingerprint density at radius 1 is 1.11 bits per heavy atom. The fourth-order valence-electron chi connectivity index (χ4n) is 4.13. The molecule has 0 saturated carbocycles. The molecule has 1 heterocycles. The van der Waals surface area contributed by atoms with Crippen LogP contribution in [0.25, 0.3) is 0 Å². The number of methoxy groups -OCH3 is 1. The number of hydrogen-bond donors (Lipinski definition) is 1. The van der Waals surface area contributed by atoms with Crippen LogP contribution in [-0.4, -0.2) is 39.6 Å². The summed E-state index contributed by atoms with van der Waals surface area (Å²) in [4.78, 5) is -1.23. The van der Waals surface area contributed by atoms with Crippen LogP contribution >= 0.6 is 15.9 Å². The lowest BCUT2D eigenvalue weighted by Gasteiger charge is -2.38. The molecular formula is C23H20BrF5N2O5S2. The number of halogens is 6. The van der Waals surface area contributed by atoms with Crippen molar-refractivity contribution in [1.29, 1.82) is 0 Å². The van der Waals surface area contributed by atoms with Crippen molar-refractivity contribution in [2.45, 2.75) is 47.8 Å². The van der Waals surface area contributed by atoms with E-state index in [1.54, 1.807) is 11.6 Å². The normalized spacial score (nSPS) is 19.8. The second-order valence-corrected chi connectivity index (χ2v) is 13.0. The van der Waals surface area contributed by atoms with Crippen molar-refractivity contribution < 1.29 is 47.6 Å². The molecule has 1 aliphatic carbocycles. The van der Waals surface area contributed by atoms with Gasteiger partial charge in [0.1, 0.15) is 16.5 Å². The van der Waals surface area contributed by atoms with Crippen molar-refractivity contribution in [3.05, 3.63) is 75.5 Å². The second kappa shape index (κ2) is 9.61. The topological polar surface area (TPSA) is 94.5 Å². The molecule has 1 atom stereocenters. The zero-order valence-corrected chi connectivity index (χ0v) is 22.5. The maximum atomic E-state index is 14.4. The van der Waals surface area contributed by atoms with Gasteiger partial charge in [0.25, 0.3) is 20.0 Å². The first kappa shape index (κ1) is 24.5. The third-order valence-corrected chi connectivity index (χ3v) is 9.95. The summed E-state index contributed by atoms with van der Waals surface area (Å²) in [6, 6.07) is 6.28. The number of nitrogens with zero attached hydrogens (tertiary/aromatic N) is 1. The molecule has 4 rings (SSSR count). The molecule has 2 aromatic carbocycles. The van der Waals surface area contributed by atoms with E-state index in [-0.39, 0.29) is 10.0 Å². The zero-order chi connectivity index (χ0) is 30.8. The van der Waals surface area contributed by atoms with E-state index in [4.69, 9.17) is 4.11 Å². The lowest BCUT2D eigenvalue weighted by Crippen LogP contribution is -2.51. The van der Waals surface area contributed by atoms with E-state index < -0.39 is 90.9 Å². The first-order valence-electron chi connectivity index (χ1n) is 12.2. The number of rotatable bonds is 6. The number of benzene rings is 2. The van der Waals surface area contributed by atoms with Crippen molar-refractivity contribution in [2.24, 2.45) is 0 Å². The SMILES string of the molecule is [2H]C([2H])([2H])O[C@]1(C(F)(F)F)CCc2c(S(=O)(=O)Nc3cc(F)c(Br)cc3F)cn(S(=O)(=O)c3ccc(C)cc3)c2C1. The van der Waals surface area contributed by atoms with Gasteiger partial charge in [-0.05, 0) is 59.5 Å². The number of hydrogen-bond acceptors (Lipinski definition) is 5. The molecule has 0 unspecified atom stereocenters. The maximum Gasteiger partial charge on any atom is 0.417 e. The predicted octanol–water partition coefficient (Wildman–Crippen LogP) is 5.31. The third kappa shape index (κ3) is 4.84. The van der Waals surface area contributed by atoms with Gasteiger partial charge in [0.2, 0.25) is 0 Å². The lowest BCUT2D eigenvalue weighted by atomic mass is 9.83. The Labute approximate surface area is 228 Å². The number of nitrogens with one attached hydrogen (secondary N) is 1. The molecule has 15 heteroatoms. The Hall–Kier alpha value is -2.49. The number of sulfonamides is 1. The van der Waals surface area contributed by atoms with Crippen LogP contribution < -0.4 is 4.72 Å². The van der Waals surface area contributed by atoms with Gasteiger partial charge in [-0.15, -0.1) is 0 Å². The highest BCUT2D eigenvalue weighted by atomic mass is 79.9. The van der Waals surface area contributed by atoms with Crippen LogP contribution in [0.5, 0.6) is 0 Å². The van der Waals surface area contributed by atoms with Gasteiger partial charge in [-0.25, -0.2) is 29.6 Å². The van der Waals surface area contributed by atoms with Crippen LogP contribution in [-0.2, 0) is 37.6 Å². The smallest absolute Gasteiger partial charge is 0.368 e. The van der Waals surface area contributed by atoms with Crippen LogP contribution in [0.4, 0.5) is 27.6 Å². The van der Waals surface area contributed by atoms with Crippen molar-refractivity contribution in [1.82, 2.24) is 3.97 Å². The van der Waals surface area contributed by atoms with Gasteiger partial charge in [0.05, 0.1) is 19.2 Å². The van der Waals surface area contributed by atoms with Crippen LogP contribution in [0.15, 0.2) is 56.9 Å². The summed E-state index contributed by atoms with van der Waals surface area (Å²) in [5, 5.41) is 0.